The summed E-state index contributed by atoms with van der Waals surface area (Å²) in [7, 11) is 0. The van der Waals surface area contributed by atoms with Gasteiger partial charge in [0, 0.05) is 12.8 Å². The number of amides is 1. The lowest BCUT2D eigenvalue weighted by atomic mass is 10.0. The van der Waals surface area contributed by atoms with Crippen molar-refractivity contribution < 1.29 is 24.5 Å². The second kappa shape index (κ2) is 49.0. The molecule has 0 radical (unpaired) electrons. The normalized spacial score (nSPS) is 12.8. The number of hydrogen-bond acceptors (Lipinski definition) is 5. The quantitative estimate of drug-likeness (QED) is 0.0322. The molecular weight excluding hydrogens is 731 g/mol. The minimum absolute atomic E-state index is 0.0112. The van der Waals surface area contributed by atoms with Crippen molar-refractivity contribution in [1.82, 2.24) is 5.32 Å². The van der Waals surface area contributed by atoms with E-state index in [1.165, 1.54) is 193 Å². The summed E-state index contributed by atoms with van der Waals surface area (Å²) >= 11 is 0. The van der Waals surface area contributed by atoms with Crippen LogP contribution in [0.15, 0.2) is 24.3 Å². The van der Waals surface area contributed by atoms with Gasteiger partial charge in [-0.1, -0.05) is 231 Å². The van der Waals surface area contributed by atoms with Gasteiger partial charge >= 0.3 is 5.97 Å². The number of allylic oxidation sites excluding steroid dienone is 3. The van der Waals surface area contributed by atoms with Gasteiger partial charge in [0.2, 0.25) is 5.91 Å². The number of hydrogen-bond donors (Lipinski definition) is 3. The zero-order chi connectivity index (χ0) is 43.0. The van der Waals surface area contributed by atoms with Gasteiger partial charge < -0.3 is 20.3 Å². The van der Waals surface area contributed by atoms with E-state index in [-0.39, 0.29) is 18.5 Å². The summed E-state index contributed by atoms with van der Waals surface area (Å²) in [4.78, 5) is 24.4. The Morgan fingerprint density at radius 3 is 1.20 bits per heavy atom. The van der Waals surface area contributed by atoms with E-state index >= 15 is 0 Å². The highest BCUT2D eigenvalue weighted by molar-refractivity contribution is 5.76. The first-order valence-corrected chi connectivity index (χ1v) is 26.1. The lowest BCUT2D eigenvalue weighted by Gasteiger charge is -2.20. The van der Waals surface area contributed by atoms with E-state index < -0.39 is 12.1 Å². The van der Waals surface area contributed by atoms with Crippen LogP contribution in [0.2, 0.25) is 0 Å². The molecule has 0 aliphatic carbocycles. The van der Waals surface area contributed by atoms with Gasteiger partial charge in [-0.2, -0.15) is 0 Å². The van der Waals surface area contributed by atoms with Crippen LogP contribution in [0, 0.1) is 0 Å². The van der Waals surface area contributed by atoms with Gasteiger partial charge in [-0.25, -0.2) is 0 Å². The molecule has 3 N–H and O–H groups in total. The summed E-state index contributed by atoms with van der Waals surface area (Å²) in [6, 6.07) is -0.634. The van der Waals surface area contributed by atoms with Crippen LogP contribution in [0.25, 0.3) is 0 Å². The van der Waals surface area contributed by atoms with Gasteiger partial charge in [0.1, 0.15) is 0 Å². The van der Waals surface area contributed by atoms with Gasteiger partial charge in [-0.3, -0.25) is 9.59 Å². The van der Waals surface area contributed by atoms with E-state index in [0.29, 0.717) is 19.4 Å². The first-order chi connectivity index (χ1) is 29.0. The van der Waals surface area contributed by atoms with Crippen LogP contribution in [0.1, 0.15) is 277 Å². The van der Waals surface area contributed by atoms with E-state index in [9.17, 15) is 19.8 Å². The highest BCUT2D eigenvalue weighted by Gasteiger charge is 2.18. The molecule has 0 aliphatic heterocycles. The average Bonchev–Trinajstić information content (AvgIpc) is 3.24. The maximum atomic E-state index is 12.4. The van der Waals surface area contributed by atoms with Crippen molar-refractivity contribution in [3.8, 4) is 0 Å². The standard InChI is InChI=1S/C53H101NO5/c1-3-5-7-9-11-13-15-17-18-19-23-27-31-35-39-43-47-53(58)59-48-44-40-36-32-28-24-21-20-22-26-30-34-38-42-46-52(57)54-50(49-55)51(56)45-41-37-33-29-25-16-14-12-10-8-6-4-2/h18-19,41,45,50-51,55-56H,3-17,20-40,42-44,46-49H2,1-2H3,(H,54,57)/b19-18-,45-41+. The Morgan fingerprint density at radius 1 is 0.458 bits per heavy atom. The molecule has 59 heavy (non-hydrogen) atoms. The maximum Gasteiger partial charge on any atom is 0.305 e. The van der Waals surface area contributed by atoms with Crippen LogP contribution < -0.4 is 5.32 Å². The molecule has 0 heterocycles. The average molecular weight is 832 g/mol. The van der Waals surface area contributed by atoms with Crippen molar-refractivity contribution in [3.63, 3.8) is 0 Å². The summed E-state index contributed by atoms with van der Waals surface area (Å²) in [6.45, 7) is 4.86. The Kier molecular flexibility index (Phi) is 47.6. The van der Waals surface area contributed by atoms with E-state index in [0.717, 1.165) is 57.8 Å². The number of unbranched alkanes of at least 4 members (excludes halogenated alkanes) is 35. The molecule has 0 aromatic rings. The predicted octanol–water partition coefficient (Wildman–Crippen LogP) is 15.5. The van der Waals surface area contributed by atoms with Gasteiger partial charge in [-0.15, -0.1) is 0 Å². The third-order valence-electron chi connectivity index (χ3n) is 12.0. The Morgan fingerprint density at radius 2 is 0.797 bits per heavy atom. The summed E-state index contributed by atoms with van der Waals surface area (Å²) in [6.07, 6.45) is 57.5. The Bertz CT molecular complexity index is 920. The second-order valence-electron chi connectivity index (χ2n) is 17.9. The van der Waals surface area contributed by atoms with Crippen LogP contribution in [0.4, 0.5) is 0 Å². The van der Waals surface area contributed by atoms with E-state index in [1.54, 1.807) is 6.08 Å². The van der Waals surface area contributed by atoms with Crippen molar-refractivity contribution in [2.24, 2.45) is 0 Å². The largest absolute Gasteiger partial charge is 0.466 e. The molecule has 6 heteroatoms. The topological polar surface area (TPSA) is 95.9 Å². The molecule has 0 aromatic heterocycles. The molecule has 0 aliphatic rings. The highest BCUT2D eigenvalue weighted by Crippen LogP contribution is 2.16. The fourth-order valence-corrected chi connectivity index (χ4v) is 7.92. The highest BCUT2D eigenvalue weighted by atomic mass is 16.5. The van der Waals surface area contributed by atoms with Gasteiger partial charge in [0.25, 0.3) is 0 Å². The summed E-state index contributed by atoms with van der Waals surface area (Å²) in [5, 5.41) is 23.0. The summed E-state index contributed by atoms with van der Waals surface area (Å²) in [5.41, 5.74) is 0. The number of carbonyl (C=O) groups excluding carboxylic acids is 2. The number of ether oxygens (including phenoxy) is 1. The zero-order valence-corrected chi connectivity index (χ0v) is 39.5. The van der Waals surface area contributed by atoms with E-state index in [2.05, 4.69) is 31.3 Å². The first kappa shape index (κ1) is 57.3. The van der Waals surface area contributed by atoms with Crippen molar-refractivity contribution in [2.75, 3.05) is 13.2 Å². The van der Waals surface area contributed by atoms with Crippen LogP contribution in [-0.4, -0.2) is 47.4 Å². The molecule has 0 rings (SSSR count). The number of carbonyl (C=O) groups is 2. The molecule has 2 unspecified atom stereocenters. The number of aliphatic hydroxyl groups excluding tert-OH is 2. The van der Waals surface area contributed by atoms with Crippen molar-refractivity contribution in [2.45, 2.75) is 289 Å². The minimum Gasteiger partial charge on any atom is -0.466 e. The van der Waals surface area contributed by atoms with Crippen molar-refractivity contribution in [1.29, 1.82) is 0 Å². The van der Waals surface area contributed by atoms with Gasteiger partial charge in [0.05, 0.1) is 25.4 Å². The summed E-state index contributed by atoms with van der Waals surface area (Å²) in [5.74, 6) is -0.0907. The SMILES string of the molecule is CCCCCCCCC/C=C\CCCCCCCC(=O)OCCCCCCCCCCCCCCCCC(=O)NC(CO)C(O)/C=C/CCCCCCCCCCCC. The van der Waals surface area contributed by atoms with Crippen molar-refractivity contribution in [3.05, 3.63) is 24.3 Å². The third-order valence-corrected chi connectivity index (χ3v) is 12.0. The monoisotopic (exact) mass is 832 g/mol. The molecule has 0 bridgehead atoms. The lowest BCUT2D eigenvalue weighted by Crippen LogP contribution is -2.45. The minimum atomic E-state index is -0.850. The van der Waals surface area contributed by atoms with Gasteiger partial charge in [0.15, 0.2) is 0 Å². The predicted molar refractivity (Wildman–Crippen MR) is 255 cm³/mol. The van der Waals surface area contributed by atoms with Crippen molar-refractivity contribution >= 4 is 11.9 Å². The molecule has 6 nitrogen and oxygen atoms in total. The van der Waals surface area contributed by atoms with Gasteiger partial charge in [-0.05, 0) is 57.8 Å². The van der Waals surface area contributed by atoms with Crippen LogP contribution in [-0.2, 0) is 14.3 Å². The van der Waals surface area contributed by atoms with Crippen LogP contribution in [0.3, 0.4) is 0 Å². The number of rotatable bonds is 48. The Hall–Kier alpha value is -1.66. The lowest BCUT2D eigenvalue weighted by molar-refractivity contribution is -0.143. The van der Waals surface area contributed by atoms with E-state index in [4.69, 9.17) is 4.74 Å². The molecule has 0 saturated carbocycles. The zero-order valence-electron chi connectivity index (χ0n) is 39.5. The number of esters is 1. The maximum absolute atomic E-state index is 12.4. The molecule has 0 saturated heterocycles. The Labute approximate surface area is 367 Å². The number of aliphatic hydroxyl groups is 2. The molecule has 0 spiro atoms. The smallest absolute Gasteiger partial charge is 0.305 e. The third kappa shape index (κ3) is 45.7. The summed E-state index contributed by atoms with van der Waals surface area (Å²) < 4.78 is 5.46. The first-order valence-electron chi connectivity index (χ1n) is 26.1. The fraction of sp³-hybridized carbons (Fsp3) is 0.887. The van der Waals surface area contributed by atoms with Crippen LogP contribution >= 0.6 is 0 Å². The molecular formula is C53H101NO5. The molecule has 0 fully saturated rings. The second-order valence-corrected chi connectivity index (χ2v) is 17.9. The van der Waals surface area contributed by atoms with Crippen LogP contribution in [0.5, 0.6) is 0 Å². The molecule has 348 valence electrons. The number of nitrogens with one attached hydrogen (secondary N) is 1. The fourth-order valence-electron chi connectivity index (χ4n) is 7.92. The Balaban J connectivity index is 3.46. The molecule has 1 amide bonds. The molecule has 2 atom stereocenters. The molecule has 0 aromatic carbocycles. The van der Waals surface area contributed by atoms with E-state index in [1.807, 2.05) is 6.08 Å².